The predicted octanol–water partition coefficient (Wildman–Crippen LogP) is 2.78. The molecule has 4 unspecified atom stereocenters. The molecule has 1 fully saturated rings. The van der Waals surface area contributed by atoms with Crippen molar-refractivity contribution in [3.8, 4) is 0 Å². The van der Waals surface area contributed by atoms with Gasteiger partial charge in [0, 0.05) is 18.8 Å². The van der Waals surface area contributed by atoms with Crippen LogP contribution in [0, 0.1) is 6.92 Å². The number of rotatable bonds is 9. The first-order valence-electron chi connectivity index (χ1n) is 14.2. The van der Waals surface area contributed by atoms with E-state index < -0.39 is 74.6 Å². The van der Waals surface area contributed by atoms with Crippen LogP contribution in [0.4, 0.5) is 0 Å². The van der Waals surface area contributed by atoms with Crippen LogP contribution in [0.5, 0.6) is 0 Å². The molecule has 1 aromatic rings. The molecule has 43 heavy (non-hydrogen) atoms. The first-order chi connectivity index (χ1) is 19.3. The van der Waals surface area contributed by atoms with E-state index in [1.165, 1.54) is 17.8 Å². The Morgan fingerprint density at radius 2 is 1.65 bits per heavy atom. The Hall–Kier alpha value is -2.09. The fourth-order valence-electron chi connectivity index (χ4n) is 4.55. The number of hydrogen-bond acceptors (Lipinski definition) is 10. The molecule has 3 heterocycles. The van der Waals surface area contributed by atoms with Gasteiger partial charge in [0.2, 0.25) is 0 Å². The van der Waals surface area contributed by atoms with Crippen LogP contribution in [-0.2, 0) is 39.7 Å². The summed E-state index contributed by atoms with van der Waals surface area (Å²) in [6.07, 6.45) is -2.32. The van der Waals surface area contributed by atoms with Crippen molar-refractivity contribution >= 4 is 32.7 Å². The average Bonchev–Trinajstić information content (AvgIpc) is 3.28. The van der Waals surface area contributed by atoms with Gasteiger partial charge in [0.1, 0.15) is 18.8 Å². The van der Waals surface area contributed by atoms with Gasteiger partial charge in [-0.05, 0) is 43.2 Å². The maximum Gasteiger partial charge on any atom is 0.332 e. The van der Waals surface area contributed by atoms with E-state index >= 15 is 0 Å². The van der Waals surface area contributed by atoms with Crippen LogP contribution >= 0.6 is 0 Å². The fraction of sp³-hybridized carbons (Fsp3) is 0.741. The van der Waals surface area contributed by atoms with E-state index in [0.29, 0.717) is 0 Å². The highest BCUT2D eigenvalue weighted by Crippen LogP contribution is 2.52. The summed E-state index contributed by atoms with van der Waals surface area (Å²) in [6, 6.07) is 0. The summed E-state index contributed by atoms with van der Waals surface area (Å²) in [4.78, 5) is 37.7. The third kappa shape index (κ3) is 6.65. The van der Waals surface area contributed by atoms with Gasteiger partial charge < -0.3 is 24.0 Å². The molecule has 16 heteroatoms. The Labute approximate surface area is 255 Å². The van der Waals surface area contributed by atoms with Crippen molar-refractivity contribution in [2.75, 3.05) is 13.2 Å². The minimum atomic E-state index is -4.36. The van der Waals surface area contributed by atoms with E-state index in [1.54, 1.807) is 6.92 Å². The Balaban J connectivity index is 2.35. The van der Waals surface area contributed by atoms with E-state index in [9.17, 15) is 27.9 Å². The average molecular weight is 662 g/mol. The Bertz CT molecular complexity index is 1520. The van der Waals surface area contributed by atoms with E-state index in [4.69, 9.17) is 17.8 Å². The van der Waals surface area contributed by atoms with Crippen LogP contribution < -0.4 is 16.6 Å². The third-order valence-electron chi connectivity index (χ3n) is 9.22. The number of aliphatic carboxylic acids is 1. The summed E-state index contributed by atoms with van der Waals surface area (Å²) in [7, 11) is -8.23. The number of ether oxygens (including phenoxy) is 1. The van der Waals surface area contributed by atoms with Crippen molar-refractivity contribution in [1.82, 2.24) is 14.5 Å². The van der Waals surface area contributed by atoms with Crippen molar-refractivity contribution in [3.63, 3.8) is 0 Å². The number of aryl methyl sites for hydroxylation is 1. The van der Waals surface area contributed by atoms with Crippen LogP contribution in [0.25, 0.3) is 0 Å². The molecule has 244 valence electrons. The molecule has 0 aliphatic carbocycles. The van der Waals surface area contributed by atoms with Crippen LogP contribution in [0.2, 0.25) is 36.3 Å². The number of nitrogens with one attached hydrogen (secondary N) is 1. The lowest BCUT2D eigenvalue weighted by atomic mass is 9.89. The molecular formula is C27H47N3O10SSi2. The number of nitrogens with zero attached hydrogens (tertiary/aromatic N) is 2. The van der Waals surface area contributed by atoms with Crippen molar-refractivity contribution in [1.29, 1.82) is 0 Å². The van der Waals surface area contributed by atoms with Crippen LogP contribution in [-0.4, -0.2) is 76.2 Å². The number of hydrogen-bond donors (Lipinski definition) is 2. The second kappa shape index (κ2) is 11.4. The van der Waals surface area contributed by atoms with Crippen LogP contribution in [0.1, 0.15) is 53.3 Å². The molecule has 3 rings (SSSR count). The van der Waals surface area contributed by atoms with Crippen LogP contribution in [0.3, 0.4) is 0 Å². The van der Waals surface area contributed by atoms with Gasteiger partial charge in [0.05, 0.1) is 17.7 Å². The molecule has 4 atom stereocenters. The van der Waals surface area contributed by atoms with E-state index in [2.05, 4.69) is 26.1 Å². The van der Waals surface area contributed by atoms with Crippen molar-refractivity contribution in [2.24, 2.45) is 7.05 Å². The van der Waals surface area contributed by atoms with Gasteiger partial charge in [-0.3, -0.25) is 18.7 Å². The van der Waals surface area contributed by atoms with Gasteiger partial charge >= 0.3 is 11.7 Å². The highest BCUT2D eigenvalue weighted by molar-refractivity contribution is 7.90. The number of carboxylic acid groups (broad SMARTS) is 1. The normalized spacial score (nSPS) is 26.1. The molecule has 1 spiro atoms. The number of carboxylic acids is 1. The van der Waals surface area contributed by atoms with Gasteiger partial charge in [-0.25, -0.2) is 8.98 Å². The second-order valence-corrected chi connectivity index (χ2v) is 25.4. The summed E-state index contributed by atoms with van der Waals surface area (Å²) >= 11 is 0. The maximum atomic E-state index is 13.5. The zero-order valence-electron chi connectivity index (χ0n) is 27.2. The molecule has 0 radical (unpaired) electrons. The monoisotopic (exact) mass is 661 g/mol. The second-order valence-electron chi connectivity index (χ2n) is 14.4. The summed E-state index contributed by atoms with van der Waals surface area (Å²) in [6.45, 7) is 21.0. The summed E-state index contributed by atoms with van der Waals surface area (Å²) in [5.41, 5.74) is -2.93. The summed E-state index contributed by atoms with van der Waals surface area (Å²) in [5, 5.41) is 12.5. The molecule has 2 aliphatic rings. The van der Waals surface area contributed by atoms with Gasteiger partial charge in [-0.15, -0.1) is 0 Å². The minimum Gasteiger partial charge on any atom is -0.480 e. The zero-order valence-corrected chi connectivity index (χ0v) is 30.0. The molecule has 0 amide bonds. The van der Waals surface area contributed by atoms with E-state index in [0.717, 1.165) is 9.98 Å². The Morgan fingerprint density at radius 3 is 2.16 bits per heavy atom. The van der Waals surface area contributed by atoms with E-state index in [-0.39, 0.29) is 27.9 Å². The first-order valence-corrected chi connectivity index (χ1v) is 21.5. The molecule has 1 aromatic heterocycles. The van der Waals surface area contributed by atoms with Gasteiger partial charge in [-0.1, -0.05) is 41.5 Å². The van der Waals surface area contributed by atoms with Gasteiger partial charge in [-0.2, -0.15) is 8.42 Å². The van der Waals surface area contributed by atoms with Gasteiger partial charge in [0.25, 0.3) is 15.7 Å². The lowest BCUT2D eigenvalue weighted by Gasteiger charge is -2.44. The maximum absolute atomic E-state index is 13.5. The minimum absolute atomic E-state index is 0.0699. The zero-order chi connectivity index (χ0) is 33.1. The highest BCUT2D eigenvalue weighted by Gasteiger charge is 2.68. The van der Waals surface area contributed by atoms with Crippen molar-refractivity contribution < 1.29 is 36.1 Å². The van der Waals surface area contributed by atoms with Crippen LogP contribution in [0.15, 0.2) is 26.9 Å². The van der Waals surface area contributed by atoms with Crippen molar-refractivity contribution in [2.45, 2.75) is 109 Å². The molecule has 2 N–H and O–H groups in total. The molecule has 13 nitrogen and oxygen atoms in total. The van der Waals surface area contributed by atoms with Crippen molar-refractivity contribution in [3.05, 3.63) is 43.7 Å². The topological polar surface area (TPSA) is 164 Å². The molecule has 0 saturated carbocycles. The molecular weight excluding hydrogens is 615 g/mol. The van der Waals surface area contributed by atoms with E-state index in [1.807, 2.05) is 47.0 Å². The molecule has 0 aromatic carbocycles. The summed E-state index contributed by atoms with van der Waals surface area (Å²) in [5.74, 6) is -1.23. The lowest BCUT2D eigenvalue weighted by molar-refractivity contribution is -0.136. The largest absolute Gasteiger partial charge is 0.480 e. The lowest BCUT2D eigenvalue weighted by Crippen LogP contribution is -2.60. The first kappa shape index (κ1) is 35.4. The van der Waals surface area contributed by atoms with Gasteiger partial charge in [0.15, 0.2) is 28.5 Å². The number of aromatic nitrogens is 2. The Morgan fingerprint density at radius 1 is 1.09 bits per heavy atom. The molecule has 1 saturated heterocycles. The SMILES string of the molecule is Cc1cn(C2OC(CO[Si](C)(C)C(C)(C)C)C3(OS(=O)(=O)C=C3NCC(=O)O)C2O[Si](C)(C)C(C)(C)C)c(=O)n(C)c1=O. The highest BCUT2D eigenvalue weighted by atomic mass is 32.2. The quantitative estimate of drug-likeness (QED) is 0.295. The number of carbonyl (C=O) groups is 1. The Kier molecular flexibility index (Phi) is 9.36. The predicted molar refractivity (Wildman–Crippen MR) is 166 cm³/mol. The third-order valence-corrected chi connectivity index (χ3v) is 19.2. The molecule has 2 aliphatic heterocycles. The fourth-order valence-corrected chi connectivity index (χ4v) is 8.11. The summed E-state index contributed by atoms with van der Waals surface area (Å²) < 4.78 is 54.4. The molecule has 0 bridgehead atoms. The smallest absolute Gasteiger partial charge is 0.332 e. The standard InChI is InChI=1S/C27H47N3O10SSi2/c1-17-14-30(24(34)29(8)22(17)33)23-21(39-43(11,12)26(5,6)7)27(18(28-13-20(31)32)16-41(35,36)40-27)19(38-23)15-37-42(9,10)25(2,3)4/h14,16,19,21,23,28H,13,15H2,1-12H3,(H,31,32).